The van der Waals surface area contributed by atoms with Gasteiger partial charge in [-0.15, -0.1) is 0 Å². The highest BCUT2D eigenvalue weighted by atomic mass is 35.5. The van der Waals surface area contributed by atoms with Gasteiger partial charge in [0.2, 0.25) is 11.8 Å². The van der Waals surface area contributed by atoms with Gasteiger partial charge < -0.3 is 65.9 Å². The van der Waals surface area contributed by atoms with Gasteiger partial charge in [-0.25, -0.2) is 0 Å². The van der Waals surface area contributed by atoms with Crippen LogP contribution in [0, 0.1) is 64.1 Å². The van der Waals surface area contributed by atoms with Crippen LogP contribution in [0.5, 0.6) is 11.5 Å². The van der Waals surface area contributed by atoms with Crippen molar-refractivity contribution in [2.24, 2.45) is 64.1 Å². The zero-order chi connectivity index (χ0) is 74.8. The maximum atomic E-state index is 14.3. The first-order chi connectivity index (χ1) is 48.8. The predicted octanol–water partition coefficient (Wildman–Crippen LogP) is 10.2. The zero-order valence-corrected chi connectivity index (χ0v) is 65.0. The van der Waals surface area contributed by atoms with Crippen LogP contribution in [-0.2, 0) is 32.4 Å². The van der Waals surface area contributed by atoms with Crippen molar-refractivity contribution in [1.82, 2.24) is 36.3 Å². The first kappa shape index (κ1) is 79.5. The van der Waals surface area contributed by atoms with Crippen molar-refractivity contribution in [2.75, 3.05) is 91.6 Å². The van der Waals surface area contributed by atoms with E-state index in [1.54, 1.807) is 50.3 Å². The van der Waals surface area contributed by atoms with E-state index in [1.807, 2.05) is 93.4 Å². The summed E-state index contributed by atoms with van der Waals surface area (Å²) < 4.78 is 12.1. The Morgan fingerprint density at radius 3 is 1.56 bits per heavy atom. The molecule has 6 saturated carbocycles. The van der Waals surface area contributed by atoms with Crippen molar-refractivity contribution in [3.05, 3.63) is 94.0 Å². The smallest absolute Gasteiger partial charge is 0.251 e. The van der Waals surface area contributed by atoms with Crippen molar-refractivity contribution in [3.63, 3.8) is 0 Å². The second-order valence-corrected chi connectivity index (χ2v) is 33.4. The van der Waals surface area contributed by atoms with Crippen LogP contribution in [-0.4, -0.2) is 196 Å². The molecule has 17 atom stereocenters. The summed E-state index contributed by atoms with van der Waals surface area (Å²) in [4.78, 5) is 74.4. The van der Waals surface area contributed by atoms with Gasteiger partial charge in [0.1, 0.15) is 35.8 Å². The minimum absolute atomic E-state index is 0.0268. The lowest BCUT2D eigenvalue weighted by atomic mass is 9.45. The van der Waals surface area contributed by atoms with E-state index in [-0.39, 0.29) is 78.9 Å². The molecule has 6 aliphatic carbocycles. The molecule has 3 aliphatic heterocycles. The number of hydrogen-bond acceptors (Lipinski definition) is 17. The fourth-order valence-corrected chi connectivity index (χ4v) is 18.9. The van der Waals surface area contributed by atoms with E-state index in [4.69, 9.17) is 30.7 Å². The SMILES string of the molecule is CCCNC(=O)c1cc(-c2cc(Cl)cc(CN3O[C@@H](CO)[C@@H]([C@H](C)O)[C@H]3C(=O)N[C@H]3C[C@H]4C[C@@H]([C@@H]3C)C4(C)C)c2OC)cc(N(C)C)c1.COc1c(CN2O[C@@H](CO)[C@@H]([C@H](C)O)[C@H]2C(=O)N[C@H]2C[C@H]3C[C@@H]([C@@H]2C)C3(C)C)cccc1-c1cc(C(=O)N[C@@H](CC(C)C)CN2CCCC2)cc(N(C)C)c1. The summed E-state index contributed by atoms with van der Waals surface area (Å²) in [6.45, 7) is 26.7. The number of hydroxylamine groups is 4. The number of aliphatic hydroxyl groups excluding tert-OH is 4. The summed E-state index contributed by atoms with van der Waals surface area (Å²) in [5.41, 5.74) is 7.85. The minimum atomic E-state index is -0.915. The average molecular weight is 1450 g/mol. The molecule has 13 rings (SSSR count). The number of carbonyl (C=O) groups is 4. The Hall–Kier alpha value is -6.11. The molecule has 3 saturated heterocycles. The largest absolute Gasteiger partial charge is 0.496 e. The van der Waals surface area contributed by atoms with Gasteiger partial charge in [0.25, 0.3) is 11.8 Å². The van der Waals surface area contributed by atoms with E-state index < -0.39 is 48.3 Å². The number of rotatable bonds is 27. The second-order valence-electron chi connectivity index (χ2n) is 33.0. The van der Waals surface area contributed by atoms with E-state index >= 15 is 0 Å². The summed E-state index contributed by atoms with van der Waals surface area (Å²) in [5.74, 6) is 2.50. The molecular weight excluding hydrogens is 1330 g/mol. The quantitative estimate of drug-likeness (QED) is 0.0276. The Bertz CT molecular complexity index is 3620. The highest BCUT2D eigenvalue weighted by molar-refractivity contribution is 6.31. The van der Waals surface area contributed by atoms with Gasteiger partial charge in [-0.05, 0) is 190 Å². The van der Waals surface area contributed by atoms with Crippen LogP contribution in [0.15, 0.2) is 66.7 Å². The van der Waals surface area contributed by atoms with Gasteiger partial charge >= 0.3 is 0 Å². The molecule has 21 nitrogen and oxygen atoms in total. The van der Waals surface area contributed by atoms with Crippen LogP contribution in [0.4, 0.5) is 11.4 Å². The fourth-order valence-electron chi connectivity index (χ4n) is 18.7. The molecule has 0 aromatic heterocycles. The molecule has 9 fully saturated rings. The predicted molar refractivity (Wildman–Crippen MR) is 405 cm³/mol. The van der Waals surface area contributed by atoms with E-state index in [1.165, 1.54) is 25.7 Å². The van der Waals surface area contributed by atoms with Gasteiger partial charge in [-0.3, -0.25) is 28.9 Å². The third kappa shape index (κ3) is 17.0. The molecule has 0 radical (unpaired) electrons. The lowest BCUT2D eigenvalue weighted by molar-refractivity contribution is -0.183. The van der Waals surface area contributed by atoms with Gasteiger partial charge in [0, 0.05) is 121 Å². The summed E-state index contributed by atoms with van der Waals surface area (Å²) in [6, 6.07) is 19.4. The topological polar surface area (TPSA) is 250 Å². The molecule has 568 valence electrons. The average Bonchev–Trinajstić information content (AvgIpc) is 1.27. The van der Waals surface area contributed by atoms with Crippen molar-refractivity contribution in [1.29, 1.82) is 0 Å². The third-order valence-corrected chi connectivity index (χ3v) is 24.9. The van der Waals surface area contributed by atoms with Crippen LogP contribution in [0.25, 0.3) is 22.3 Å². The molecule has 22 heteroatoms. The Kier molecular flexibility index (Phi) is 25.7. The highest BCUT2D eigenvalue weighted by Gasteiger charge is 2.59. The van der Waals surface area contributed by atoms with E-state index in [9.17, 15) is 39.6 Å². The van der Waals surface area contributed by atoms with Gasteiger partial charge in [-0.2, -0.15) is 10.1 Å². The van der Waals surface area contributed by atoms with Crippen molar-refractivity contribution < 1.29 is 58.8 Å². The number of likely N-dealkylation sites (tertiary alicyclic amines) is 1. The molecular formula is C81H120ClN9O12. The number of methoxy groups -OCH3 is 2. The van der Waals surface area contributed by atoms with Crippen LogP contribution >= 0.6 is 11.6 Å². The summed E-state index contributed by atoms with van der Waals surface area (Å²) in [5, 5.41) is 59.2. The number of ether oxygens (including phenoxy) is 2. The maximum Gasteiger partial charge on any atom is 0.251 e. The summed E-state index contributed by atoms with van der Waals surface area (Å²) in [7, 11) is 11.0. The summed E-state index contributed by atoms with van der Waals surface area (Å²) >= 11 is 6.74. The number of aliphatic hydroxyl groups is 4. The number of fused-ring (bicyclic) bond motifs is 4. The van der Waals surface area contributed by atoms with Crippen LogP contribution < -0.4 is 40.5 Å². The minimum Gasteiger partial charge on any atom is -0.496 e. The molecule has 9 aliphatic rings. The zero-order valence-electron chi connectivity index (χ0n) is 64.2. The first-order valence-electron chi connectivity index (χ1n) is 37.9. The molecule has 0 spiro atoms. The molecule has 3 heterocycles. The number of anilines is 2. The first-order valence-corrected chi connectivity index (χ1v) is 38.3. The standard InChI is InChI=1S/C44H67N5O6.C37H53ClN4O6/c1-26(2)17-33(24-48-15-10-11-16-48)45-42(52)31-18-30(19-34(20-31)47(7)8)35-14-12-13-29(41(35)54-9)23-49-40(39(28(4)51)38(25-50)55-49)43(53)46-37-22-32-21-36(27(37)3)44(32,5)6;1-9-10-39-35(45)23-11-22(13-27(14-23)41(6)7)28-17-26(38)12-24(34(28)47-8)18-42-33(32(21(3)44)31(19-43)48-42)36(46)40-30-16-25-15-29(20(30)2)37(25,4)5/h12-14,18-20,26-28,32-33,36-40,50-51H,10-11,15-17,21-25H2,1-9H3,(H,45,52)(H,46,53);11-14,17,20-21,25,29-33,43-44H,9-10,15-16,18-19H2,1-8H3,(H,39,45)(H,40,46)/t27-,28-,32+,33-,36-,37-,38-,39+,40-;20-,21-,25+,29-,30-,31-,32+,33-/m00/s1. The number of para-hydroxylation sites is 1. The molecule has 103 heavy (non-hydrogen) atoms. The lowest BCUT2D eigenvalue weighted by Gasteiger charge is -2.62. The van der Waals surface area contributed by atoms with Gasteiger partial charge in [0.15, 0.2) is 0 Å². The number of carbonyl (C=O) groups excluding carboxylic acids is 4. The van der Waals surface area contributed by atoms with Crippen molar-refractivity contribution in [3.8, 4) is 33.8 Å². The number of halogens is 1. The molecule has 4 bridgehead atoms. The van der Waals surface area contributed by atoms with Gasteiger partial charge in [-0.1, -0.05) is 92.1 Å². The molecule has 4 amide bonds. The number of nitrogens with zero attached hydrogens (tertiary/aromatic N) is 5. The Morgan fingerprint density at radius 2 is 1.13 bits per heavy atom. The number of nitrogens with one attached hydrogen (secondary N) is 4. The number of hydrogen-bond donors (Lipinski definition) is 8. The molecule has 4 aromatic carbocycles. The Morgan fingerprint density at radius 1 is 0.650 bits per heavy atom. The monoisotopic (exact) mass is 1450 g/mol. The molecule has 8 N–H and O–H groups in total. The van der Waals surface area contributed by atoms with Gasteiger partial charge in [0.05, 0.1) is 52.7 Å². The van der Waals surface area contributed by atoms with Crippen LogP contribution in [0.1, 0.15) is 159 Å². The highest BCUT2D eigenvalue weighted by Crippen LogP contribution is 2.62. The molecule has 0 unspecified atom stereocenters. The van der Waals surface area contributed by atoms with Crippen LogP contribution in [0.2, 0.25) is 5.02 Å². The second kappa shape index (κ2) is 33.4. The third-order valence-electron chi connectivity index (χ3n) is 24.7. The Labute approximate surface area is 617 Å². The normalized spacial score (nSPS) is 28.6. The van der Waals surface area contributed by atoms with E-state index in [0.29, 0.717) is 86.7 Å². The molecule has 4 aromatic rings. The Balaban J connectivity index is 0.000000224. The van der Waals surface area contributed by atoms with Crippen molar-refractivity contribution in [2.45, 2.75) is 195 Å². The maximum absolute atomic E-state index is 14.3. The number of benzene rings is 4. The fraction of sp³-hybridized carbons (Fsp3) is 0.654. The van der Waals surface area contributed by atoms with Crippen molar-refractivity contribution >= 4 is 46.6 Å². The number of amides is 4. The lowest BCUT2D eigenvalue weighted by Crippen LogP contribution is -2.62. The summed E-state index contributed by atoms with van der Waals surface area (Å²) in [6.07, 6.45) is 5.07. The van der Waals surface area contributed by atoms with Crippen LogP contribution in [0.3, 0.4) is 0 Å². The van der Waals surface area contributed by atoms with E-state index in [2.05, 4.69) is 87.6 Å². The van der Waals surface area contributed by atoms with E-state index in [0.717, 1.165) is 78.9 Å².